The summed E-state index contributed by atoms with van der Waals surface area (Å²) in [6, 6.07) is -1.97. The van der Waals surface area contributed by atoms with E-state index < -0.39 is 27.5 Å². The monoisotopic (exact) mass is 185 g/mol. The molecule has 1 atom stereocenters. The van der Waals surface area contributed by atoms with Gasteiger partial charge in [0, 0.05) is 11.0 Å². The van der Waals surface area contributed by atoms with Crippen LogP contribution in [0.2, 0.25) is 0 Å². The van der Waals surface area contributed by atoms with Gasteiger partial charge >= 0.3 is 11.9 Å². The van der Waals surface area contributed by atoms with Crippen LogP contribution < -0.4 is 0 Å². The average molecular weight is 185 g/mol. The molecule has 1 aliphatic rings. The van der Waals surface area contributed by atoms with Crippen molar-refractivity contribution in [2.75, 3.05) is 0 Å². The largest absolute Gasteiger partial charge is 0.422 e. The summed E-state index contributed by atoms with van der Waals surface area (Å²) >= 11 is 0. The van der Waals surface area contributed by atoms with Gasteiger partial charge < -0.3 is 10.1 Å². The predicted octanol–water partition coefficient (Wildman–Crippen LogP) is -0.597. The summed E-state index contributed by atoms with van der Waals surface area (Å²) in [5.74, 6) is -1.88. The number of carbonyl (C=O) groups excluding carboxylic acids is 1. The van der Waals surface area contributed by atoms with Crippen LogP contribution in [0.4, 0.5) is 0 Å². The van der Waals surface area contributed by atoms with Crippen molar-refractivity contribution in [2.45, 2.75) is 6.04 Å². The second-order valence-electron chi connectivity index (χ2n) is 2.15. The Morgan fingerprint density at radius 3 is 2.38 bits per heavy atom. The average Bonchev–Trinajstić information content (AvgIpc) is 2.02. The minimum atomic E-state index is -1.97. The van der Waals surface area contributed by atoms with Gasteiger partial charge in [-0.1, -0.05) is 0 Å². The molecule has 0 aliphatic carbocycles. The van der Waals surface area contributed by atoms with Gasteiger partial charge in [-0.3, -0.25) is 14.9 Å². The van der Waals surface area contributed by atoms with Crippen molar-refractivity contribution in [1.82, 2.24) is 0 Å². The van der Waals surface area contributed by atoms with Gasteiger partial charge in [0.15, 0.2) is 0 Å². The Bertz CT molecular complexity index is 344. The quantitative estimate of drug-likeness (QED) is 0.399. The maximum atomic E-state index is 10.8. The third-order valence-corrected chi connectivity index (χ3v) is 1.36. The van der Waals surface area contributed by atoms with Gasteiger partial charge in [-0.15, -0.1) is 0 Å². The fourth-order valence-corrected chi connectivity index (χ4v) is 0.821. The lowest BCUT2D eigenvalue weighted by molar-refractivity contribution is -0.506. The van der Waals surface area contributed by atoms with E-state index in [0.29, 0.717) is 0 Å². The highest BCUT2D eigenvalue weighted by atomic mass is 16.6. The van der Waals surface area contributed by atoms with E-state index in [2.05, 4.69) is 4.99 Å². The molecule has 8 nitrogen and oxygen atoms in total. The molecular weight excluding hydrogens is 182 g/mol. The Morgan fingerprint density at radius 1 is 1.38 bits per heavy atom. The van der Waals surface area contributed by atoms with E-state index in [0.717, 1.165) is 12.3 Å². The lowest BCUT2D eigenvalue weighted by atomic mass is 10.1. The molecule has 1 heterocycles. The fourth-order valence-electron chi connectivity index (χ4n) is 0.821. The topological polar surface area (TPSA) is 116 Å². The first-order valence-electron chi connectivity index (χ1n) is 3.10. The maximum Gasteiger partial charge on any atom is 0.422 e. The summed E-state index contributed by atoms with van der Waals surface area (Å²) in [5.41, 5.74) is 0. The summed E-state index contributed by atoms with van der Waals surface area (Å²) in [7, 11) is 0. The standard InChI is InChI=1S/C5H3N3O5/c9-3-1-2-6-5(8(12)13)4(3)7(10)11/h1-2,4H. The maximum absolute atomic E-state index is 10.8. The van der Waals surface area contributed by atoms with Crippen LogP contribution in [-0.4, -0.2) is 27.5 Å². The van der Waals surface area contributed by atoms with Crippen LogP contribution >= 0.6 is 0 Å². The molecule has 0 radical (unpaired) electrons. The summed E-state index contributed by atoms with van der Waals surface area (Å²) in [5, 5.41) is 20.4. The van der Waals surface area contributed by atoms with Gasteiger partial charge in [0.25, 0.3) is 0 Å². The molecule has 8 heteroatoms. The van der Waals surface area contributed by atoms with Crippen molar-refractivity contribution in [3.05, 3.63) is 32.5 Å². The number of aliphatic imine (C=N–C) groups is 1. The number of amidine groups is 1. The zero-order valence-corrected chi connectivity index (χ0v) is 6.11. The van der Waals surface area contributed by atoms with Crippen molar-refractivity contribution >= 4 is 11.6 Å². The highest BCUT2D eigenvalue weighted by Crippen LogP contribution is 2.05. The normalized spacial score (nSPS) is 21.1. The first kappa shape index (κ1) is 8.97. The zero-order valence-electron chi connectivity index (χ0n) is 6.11. The Balaban J connectivity index is 3.10. The SMILES string of the molecule is O=C1C=CN=C([N+](=O)[O-])C1[N+](=O)[O-]. The van der Waals surface area contributed by atoms with Gasteiger partial charge in [0.2, 0.25) is 5.78 Å². The molecule has 0 aromatic heterocycles. The first-order chi connectivity index (χ1) is 6.04. The molecule has 1 aliphatic heterocycles. The van der Waals surface area contributed by atoms with Crippen molar-refractivity contribution in [3.63, 3.8) is 0 Å². The number of hydrogen-bond donors (Lipinski definition) is 0. The second-order valence-corrected chi connectivity index (χ2v) is 2.15. The van der Waals surface area contributed by atoms with E-state index in [4.69, 9.17) is 0 Å². The van der Waals surface area contributed by atoms with Gasteiger partial charge in [0.1, 0.15) is 6.20 Å². The molecule has 68 valence electrons. The summed E-state index contributed by atoms with van der Waals surface area (Å²) in [6.45, 7) is 0. The van der Waals surface area contributed by atoms with Crippen LogP contribution in [0.1, 0.15) is 0 Å². The van der Waals surface area contributed by atoms with E-state index in [1.54, 1.807) is 0 Å². The molecule has 0 aromatic rings. The highest BCUT2D eigenvalue weighted by Gasteiger charge is 2.44. The van der Waals surface area contributed by atoms with E-state index in [9.17, 15) is 25.0 Å². The second kappa shape index (κ2) is 3.09. The van der Waals surface area contributed by atoms with Crippen LogP contribution in [0.25, 0.3) is 0 Å². The molecule has 0 saturated heterocycles. The number of nitrogens with zero attached hydrogens (tertiary/aromatic N) is 3. The summed E-state index contributed by atoms with van der Waals surface area (Å²) in [6.07, 6.45) is 1.71. The van der Waals surface area contributed by atoms with Crippen LogP contribution in [0, 0.1) is 20.2 Å². The predicted molar refractivity (Wildman–Crippen MR) is 39.4 cm³/mol. The minimum absolute atomic E-state index is 0.834. The summed E-state index contributed by atoms with van der Waals surface area (Å²) < 4.78 is 0. The van der Waals surface area contributed by atoms with E-state index >= 15 is 0 Å². The van der Waals surface area contributed by atoms with Crippen molar-refractivity contribution in [1.29, 1.82) is 0 Å². The molecule has 0 bridgehead atoms. The van der Waals surface area contributed by atoms with Gasteiger partial charge in [-0.2, -0.15) is 0 Å². The van der Waals surface area contributed by atoms with E-state index in [1.807, 2.05) is 0 Å². The van der Waals surface area contributed by atoms with Crippen molar-refractivity contribution in [2.24, 2.45) is 4.99 Å². The molecule has 0 amide bonds. The lowest BCUT2D eigenvalue weighted by Crippen LogP contribution is -2.42. The zero-order chi connectivity index (χ0) is 10.0. The van der Waals surface area contributed by atoms with Crippen LogP contribution in [0.5, 0.6) is 0 Å². The number of nitro groups is 2. The van der Waals surface area contributed by atoms with Gasteiger partial charge in [0.05, 0.1) is 0 Å². The van der Waals surface area contributed by atoms with Crippen molar-refractivity contribution in [3.8, 4) is 0 Å². The number of hydrogen-bond acceptors (Lipinski definition) is 6. The molecule has 0 spiro atoms. The molecule has 0 N–H and O–H groups in total. The van der Waals surface area contributed by atoms with E-state index in [-0.39, 0.29) is 0 Å². The minimum Gasteiger partial charge on any atom is -0.358 e. The Hall–Kier alpha value is -2.12. The fraction of sp³-hybridized carbons (Fsp3) is 0.200. The Morgan fingerprint density at radius 2 is 2.00 bits per heavy atom. The molecule has 0 aromatic carbocycles. The molecule has 1 unspecified atom stereocenters. The van der Waals surface area contributed by atoms with Crippen LogP contribution in [0.15, 0.2) is 17.3 Å². The van der Waals surface area contributed by atoms with Gasteiger partial charge in [-0.25, -0.2) is 0 Å². The van der Waals surface area contributed by atoms with E-state index in [1.165, 1.54) is 0 Å². The third-order valence-electron chi connectivity index (χ3n) is 1.36. The van der Waals surface area contributed by atoms with Gasteiger partial charge in [-0.05, 0) is 9.92 Å². The molecule has 0 saturated carbocycles. The molecule has 0 fully saturated rings. The Labute approximate surface area is 70.9 Å². The highest BCUT2D eigenvalue weighted by molar-refractivity contribution is 6.10. The third kappa shape index (κ3) is 1.55. The van der Waals surface area contributed by atoms with Crippen LogP contribution in [0.3, 0.4) is 0 Å². The molecular formula is C5H3N3O5. The number of ketones is 1. The number of carbonyl (C=O) groups is 1. The summed E-state index contributed by atoms with van der Waals surface area (Å²) in [4.78, 5) is 32.4. The number of rotatable bonds is 1. The van der Waals surface area contributed by atoms with Crippen molar-refractivity contribution < 1.29 is 14.6 Å². The Kier molecular flexibility index (Phi) is 2.13. The lowest BCUT2D eigenvalue weighted by Gasteiger charge is -2.04. The smallest absolute Gasteiger partial charge is 0.358 e. The molecule has 13 heavy (non-hydrogen) atoms. The van der Waals surface area contributed by atoms with Crippen LogP contribution in [-0.2, 0) is 4.79 Å². The molecule has 1 rings (SSSR count). The first-order valence-corrected chi connectivity index (χ1v) is 3.10.